The second kappa shape index (κ2) is 8.94. The number of likely N-dealkylation sites (tertiary alicyclic amines) is 1. The molecule has 3 rings (SSSR count). The number of aryl methyl sites for hydroxylation is 1. The van der Waals surface area contributed by atoms with E-state index in [2.05, 4.69) is 10.6 Å². The van der Waals surface area contributed by atoms with Crippen LogP contribution in [0, 0.1) is 12.8 Å². The molecule has 7 nitrogen and oxygen atoms in total. The third-order valence-electron chi connectivity index (χ3n) is 5.06. The van der Waals surface area contributed by atoms with Gasteiger partial charge in [0, 0.05) is 36.3 Å². The van der Waals surface area contributed by atoms with Gasteiger partial charge in [0.25, 0.3) is 11.8 Å². The van der Waals surface area contributed by atoms with Crippen molar-refractivity contribution >= 4 is 23.4 Å². The molecule has 1 fully saturated rings. The van der Waals surface area contributed by atoms with Gasteiger partial charge in [0.15, 0.2) is 5.76 Å². The van der Waals surface area contributed by atoms with E-state index in [9.17, 15) is 14.4 Å². The summed E-state index contributed by atoms with van der Waals surface area (Å²) in [5.41, 5.74) is 1.92. The van der Waals surface area contributed by atoms with Crippen molar-refractivity contribution in [2.45, 2.75) is 39.7 Å². The SMILES string of the molecule is Cc1ccc(C(=O)N2CCCC(NC(=O)C(C)C)C2)cc1NC(=O)c1ccco1. The van der Waals surface area contributed by atoms with Crippen molar-refractivity contribution in [1.29, 1.82) is 0 Å². The Kier molecular flexibility index (Phi) is 6.36. The molecule has 2 aromatic rings. The normalized spacial score (nSPS) is 16.6. The van der Waals surface area contributed by atoms with Crippen LogP contribution in [0.3, 0.4) is 0 Å². The van der Waals surface area contributed by atoms with Crippen LogP contribution in [0.15, 0.2) is 41.0 Å². The molecule has 1 atom stereocenters. The lowest BCUT2D eigenvalue weighted by atomic mass is 10.0. The van der Waals surface area contributed by atoms with Gasteiger partial charge in [0.1, 0.15) is 0 Å². The highest BCUT2D eigenvalue weighted by atomic mass is 16.3. The fraction of sp³-hybridized carbons (Fsp3) is 0.409. The fourth-order valence-electron chi connectivity index (χ4n) is 3.31. The third-order valence-corrected chi connectivity index (χ3v) is 5.06. The van der Waals surface area contributed by atoms with Crippen LogP contribution >= 0.6 is 0 Å². The van der Waals surface area contributed by atoms with Gasteiger partial charge in [-0.1, -0.05) is 19.9 Å². The molecule has 0 aliphatic carbocycles. The van der Waals surface area contributed by atoms with Gasteiger partial charge in [0.2, 0.25) is 5.91 Å². The Morgan fingerprint density at radius 2 is 2.00 bits per heavy atom. The van der Waals surface area contributed by atoms with Crippen LogP contribution in [-0.2, 0) is 4.79 Å². The number of furan rings is 1. The van der Waals surface area contributed by atoms with E-state index in [1.807, 2.05) is 26.8 Å². The number of nitrogens with one attached hydrogen (secondary N) is 2. The number of piperidine rings is 1. The van der Waals surface area contributed by atoms with Crippen LogP contribution in [-0.4, -0.2) is 41.8 Å². The van der Waals surface area contributed by atoms with Gasteiger partial charge in [-0.05, 0) is 49.6 Å². The second-order valence-corrected chi connectivity index (χ2v) is 7.71. The molecule has 0 radical (unpaired) electrons. The van der Waals surface area contributed by atoms with E-state index in [0.29, 0.717) is 24.3 Å². The minimum absolute atomic E-state index is 0.00237. The van der Waals surface area contributed by atoms with Gasteiger partial charge < -0.3 is 20.0 Å². The predicted molar refractivity (Wildman–Crippen MR) is 110 cm³/mol. The lowest BCUT2D eigenvalue weighted by Gasteiger charge is -2.33. The number of benzene rings is 1. The third kappa shape index (κ3) is 5.04. The number of carbonyl (C=O) groups is 3. The summed E-state index contributed by atoms with van der Waals surface area (Å²) in [6.45, 7) is 6.70. The van der Waals surface area contributed by atoms with E-state index in [1.54, 1.807) is 29.2 Å². The maximum Gasteiger partial charge on any atom is 0.291 e. The first-order chi connectivity index (χ1) is 13.8. The zero-order chi connectivity index (χ0) is 21.0. The molecule has 1 aliphatic rings. The highest BCUT2D eigenvalue weighted by Crippen LogP contribution is 2.21. The van der Waals surface area contributed by atoms with E-state index in [1.165, 1.54) is 6.26 Å². The minimum atomic E-state index is -0.364. The first kappa shape index (κ1) is 20.6. The molecule has 0 spiro atoms. The number of hydrogen-bond acceptors (Lipinski definition) is 4. The van der Waals surface area contributed by atoms with Gasteiger partial charge >= 0.3 is 0 Å². The number of rotatable bonds is 5. The summed E-state index contributed by atoms with van der Waals surface area (Å²) in [5.74, 6) is -0.346. The Morgan fingerprint density at radius 3 is 2.69 bits per heavy atom. The molecule has 0 bridgehead atoms. The molecular formula is C22H27N3O4. The number of amides is 3. The Hall–Kier alpha value is -3.09. The van der Waals surface area contributed by atoms with Crippen LogP contribution in [0.5, 0.6) is 0 Å². The van der Waals surface area contributed by atoms with Gasteiger partial charge in [-0.15, -0.1) is 0 Å². The van der Waals surface area contributed by atoms with Crippen LogP contribution < -0.4 is 10.6 Å². The summed E-state index contributed by atoms with van der Waals surface area (Å²) in [5, 5.41) is 5.81. The zero-order valence-corrected chi connectivity index (χ0v) is 17.0. The maximum absolute atomic E-state index is 13.0. The van der Waals surface area contributed by atoms with E-state index < -0.39 is 0 Å². The summed E-state index contributed by atoms with van der Waals surface area (Å²) in [4.78, 5) is 39.0. The minimum Gasteiger partial charge on any atom is -0.459 e. The molecule has 0 saturated carbocycles. The Balaban J connectivity index is 1.70. The molecular weight excluding hydrogens is 370 g/mol. The average molecular weight is 397 g/mol. The summed E-state index contributed by atoms with van der Waals surface area (Å²) < 4.78 is 5.12. The predicted octanol–water partition coefficient (Wildman–Crippen LogP) is 3.22. The number of carbonyl (C=O) groups excluding carboxylic acids is 3. The van der Waals surface area contributed by atoms with E-state index in [4.69, 9.17) is 4.42 Å². The van der Waals surface area contributed by atoms with Gasteiger partial charge in [-0.2, -0.15) is 0 Å². The second-order valence-electron chi connectivity index (χ2n) is 7.71. The largest absolute Gasteiger partial charge is 0.459 e. The quantitative estimate of drug-likeness (QED) is 0.810. The van der Waals surface area contributed by atoms with Gasteiger partial charge in [-0.3, -0.25) is 14.4 Å². The molecule has 29 heavy (non-hydrogen) atoms. The van der Waals surface area contributed by atoms with E-state index >= 15 is 0 Å². The van der Waals surface area contributed by atoms with E-state index in [-0.39, 0.29) is 35.4 Å². The summed E-state index contributed by atoms with van der Waals surface area (Å²) in [6, 6.07) is 8.45. The summed E-state index contributed by atoms with van der Waals surface area (Å²) in [6.07, 6.45) is 3.13. The van der Waals surface area contributed by atoms with Crippen LogP contribution in [0.25, 0.3) is 0 Å². The molecule has 1 aromatic carbocycles. The van der Waals surface area contributed by atoms with Gasteiger partial charge in [0.05, 0.1) is 6.26 Å². The molecule has 154 valence electrons. The molecule has 1 unspecified atom stereocenters. The Labute approximate surface area is 170 Å². The van der Waals surface area contributed by atoms with Crippen molar-refractivity contribution in [1.82, 2.24) is 10.2 Å². The fourth-order valence-corrected chi connectivity index (χ4v) is 3.31. The number of anilines is 1. The summed E-state index contributed by atoms with van der Waals surface area (Å²) >= 11 is 0. The van der Waals surface area contributed by atoms with Crippen molar-refractivity contribution in [3.8, 4) is 0 Å². The van der Waals surface area contributed by atoms with Crippen LogP contribution in [0.1, 0.15) is 53.2 Å². The van der Waals surface area contributed by atoms with Gasteiger partial charge in [-0.25, -0.2) is 0 Å². The van der Waals surface area contributed by atoms with Crippen molar-refractivity contribution in [3.05, 3.63) is 53.5 Å². The smallest absolute Gasteiger partial charge is 0.291 e. The molecule has 2 heterocycles. The lowest BCUT2D eigenvalue weighted by molar-refractivity contribution is -0.125. The van der Waals surface area contributed by atoms with Crippen LogP contribution in [0.2, 0.25) is 0 Å². The molecule has 1 aliphatic heterocycles. The molecule has 3 amide bonds. The zero-order valence-electron chi connectivity index (χ0n) is 17.0. The lowest BCUT2D eigenvalue weighted by Crippen LogP contribution is -2.50. The topological polar surface area (TPSA) is 91.7 Å². The van der Waals surface area contributed by atoms with Crippen molar-refractivity contribution in [2.75, 3.05) is 18.4 Å². The summed E-state index contributed by atoms with van der Waals surface area (Å²) in [7, 11) is 0. The molecule has 1 saturated heterocycles. The average Bonchev–Trinajstić information content (AvgIpc) is 3.24. The van der Waals surface area contributed by atoms with Crippen molar-refractivity contribution in [2.24, 2.45) is 5.92 Å². The monoisotopic (exact) mass is 397 g/mol. The first-order valence-electron chi connectivity index (χ1n) is 9.90. The van der Waals surface area contributed by atoms with E-state index in [0.717, 1.165) is 18.4 Å². The standard InChI is InChI=1S/C22H27N3O4/c1-14(2)20(26)23-17-6-4-10-25(13-17)22(28)16-9-8-15(3)18(12-16)24-21(27)19-7-5-11-29-19/h5,7-9,11-12,14,17H,4,6,10,13H2,1-3H3,(H,23,26)(H,24,27). The van der Waals surface area contributed by atoms with Crippen LogP contribution in [0.4, 0.5) is 5.69 Å². The first-order valence-corrected chi connectivity index (χ1v) is 9.90. The van der Waals surface area contributed by atoms with Crippen molar-refractivity contribution in [3.63, 3.8) is 0 Å². The number of hydrogen-bond donors (Lipinski definition) is 2. The highest BCUT2D eigenvalue weighted by Gasteiger charge is 2.26. The Morgan fingerprint density at radius 1 is 1.21 bits per heavy atom. The number of nitrogens with zero attached hydrogens (tertiary/aromatic N) is 1. The van der Waals surface area contributed by atoms with Crippen molar-refractivity contribution < 1.29 is 18.8 Å². The molecule has 1 aromatic heterocycles. The Bertz CT molecular complexity index is 889. The molecule has 7 heteroatoms. The maximum atomic E-state index is 13.0. The molecule has 2 N–H and O–H groups in total. The highest BCUT2D eigenvalue weighted by molar-refractivity contribution is 6.04.